The number of nitrogens with zero attached hydrogens (tertiary/aromatic N) is 1. The molecule has 2 aromatic carbocycles. The minimum Gasteiger partial charge on any atom is -0.481 e. The molecular weight excluding hydrogens is 359 g/mol. The van der Waals surface area contributed by atoms with Gasteiger partial charge in [0.15, 0.2) is 0 Å². The third kappa shape index (κ3) is 5.01. The quantitative estimate of drug-likeness (QED) is 0.657. The van der Waals surface area contributed by atoms with Crippen molar-refractivity contribution in [1.82, 2.24) is 10.3 Å². The van der Waals surface area contributed by atoms with E-state index in [2.05, 4.69) is 10.3 Å². The largest absolute Gasteiger partial charge is 0.481 e. The van der Waals surface area contributed by atoms with E-state index in [1.807, 2.05) is 30.3 Å². The molecule has 28 heavy (non-hydrogen) atoms. The van der Waals surface area contributed by atoms with Crippen LogP contribution in [0.4, 0.5) is 4.39 Å². The van der Waals surface area contributed by atoms with Crippen molar-refractivity contribution in [2.75, 3.05) is 0 Å². The SMILES string of the molecule is O=C(O)C[C@@H](Cc1ccccc1)NC(=O)c1cccc(-c2ccccc2F)n1. The Morgan fingerprint density at radius 3 is 2.39 bits per heavy atom. The number of rotatable bonds is 7. The minimum absolute atomic E-state index is 0.101. The van der Waals surface area contributed by atoms with Crippen LogP contribution in [-0.4, -0.2) is 28.0 Å². The van der Waals surface area contributed by atoms with E-state index in [4.69, 9.17) is 5.11 Å². The first-order valence-corrected chi connectivity index (χ1v) is 8.81. The number of halogens is 1. The second kappa shape index (κ2) is 8.90. The van der Waals surface area contributed by atoms with E-state index >= 15 is 0 Å². The van der Waals surface area contributed by atoms with Crippen molar-refractivity contribution in [2.24, 2.45) is 0 Å². The van der Waals surface area contributed by atoms with Gasteiger partial charge in [0.05, 0.1) is 12.1 Å². The summed E-state index contributed by atoms with van der Waals surface area (Å²) in [6.07, 6.45) is 0.166. The number of benzene rings is 2. The van der Waals surface area contributed by atoms with Gasteiger partial charge in [0, 0.05) is 11.6 Å². The highest BCUT2D eigenvalue weighted by Crippen LogP contribution is 2.20. The average molecular weight is 378 g/mol. The van der Waals surface area contributed by atoms with Crippen molar-refractivity contribution in [3.05, 3.63) is 89.9 Å². The van der Waals surface area contributed by atoms with Crippen LogP contribution < -0.4 is 5.32 Å². The lowest BCUT2D eigenvalue weighted by Gasteiger charge is -2.17. The minimum atomic E-state index is -1.01. The second-order valence-corrected chi connectivity index (χ2v) is 6.35. The molecule has 0 radical (unpaired) electrons. The fourth-order valence-corrected chi connectivity index (χ4v) is 2.92. The van der Waals surface area contributed by atoms with Crippen LogP contribution in [0.15, 0.2) is 72.8 Å². The molecule has 0 saturated heterocycles. The predicted octanol–water partition coefficient (Wildman–Crippen LogP) is 3.70. The number of carboxylic acid groups (broad SMARTS) is 1. The summed E-state index contributed by atoms with van der Waals surface area (Å²) < 4.78 is 14.0. The second-order valence-electron chi connectivity index (χ2n) is 6.35. The van der Waals surface area contributed by atoms with Crippen molar-refractivity contribution in [1.29, 1.82) is 0 Å². The molecule has 1 aromatic heterocycles. The van der Waals surface area contributed by atoms with Gasteiger partial charge in [-0.2, -0.15) is 0 Å². The summed E-state index contributed by atoms with van der Waals surface area (Å²) in [6, 6.07) is 19.7. The van der Waals surface area contributed by atoms with E-state index in [1.165, 1.54) is 12.1 Å². The summed E-state index contributed by atoms with van der Waals surface area (Å²) in [7, 11) is 0. The zero-order chi connectivity index (χ0) is 19.9. The van der Waals surface area contributed by atoms with Crippen molar-refractivity contribution < 1.29 is 19.1 Å². The van der Waals surface area contributed by atoms with E-state index in [0.717, 1.165) is 5.56 Å². The third-order valence-electron chi connectivity index (χ3n) is 4.21. The summed E-state index contributed by atoms with van der Waals surface area (Å²) >= 11 is 0. The molecule has 0 aliphatic heterocycles. The summed E-state index contributed by atoms with van der Waals surface area (Å²) in [5.74, 6) is -1.94. The number of amides is 1. The number of pyridine rings is 1. The van der Waals surface area contributed by atoms with Crippen LogP contribution in [0.2, 0.25) is 0 Å². The number of hydrogen-bond donors (Lipinski definition) is 2. The topological polar surface area (TPSA) is 79.3 Å². The first-order chi connectivity index (χ1) is 13.5. The molecule has 0 spiro atoms. The van der Waals surface area contributed by atoms with Crippen LogP contribution in [-0.2, 0) is 11.2 Å². The first kappa shape index (κ1) is 19.2. The molecule has 6 heteroatoms. The monoisotopic (exact) mass is 378 g/mol. The zero-order valence-electron chi connectivity index (χ0n) is 15.0. The molecule has 1 heterocycles. The Bertz CT molecular complexity index is 976. The van der Waals surface area contributed by atoms with E-state index in [0.29, 0.717) is 17.7 Å². The highest BCUT2D eigenvalue weighted by Gasteiger charge is 2.19. The molecule has 142 valence electrons. The fraction of sp³-hybridized carbons (Fsp3) is 0.136. The van der Waals surface area contributed by atoms with Crippen LogP contribution in [0.5, 0.6) is 0 Å². The highest BCUT2D eigenvalue weighted by atomic mass is 19.1. The molecule has 0 unspecified atom stereocenters. The molecule has 5 nitrogen and oxygen atoms in total. The Hall–Kier alpha value is -3.54. The van der Waals surface area contributed by atoms with Crippen molar-refractivity contribution >= 4 is 11.9 Å². The van der Waals surface area contributed by atoms with Crippen LogP contribution in [0.3, 0.4) is 0 Å². The summed E-state index contributed by atoms with van der Waals surface area (Å²) in [4.78, 5) is 28.1. The fourth-order valence-electron chi connectivity index (χ4n) is 2.92. The number of carbonyl (C=O) groups is 2. The molecule has 0 aliphatic rings. The zero-order valence-corrected chi connectivity index (χ0v) is 15.0. The van der Waals surface area contributed by atoms with E-state index in [-0.39, 0.29) is 12.1 Å². The molecule has 0 bridgehead atoms. The number of carboxylic acids is 1. The maximum absolute atomic E-state index is 14.0. The molecule has 1 atom stereocenters. The van der Waals surface area contributed by atoms with Crippen LogP contribution in [0.1, 0.15) is 22.5 Å². The number of aliphatic carboxylic acids is 1. The predicted molar refractivity (Wildman–Crippen MR) is 103 cm³/mol. The molecule has 0 fully saturated rings. The van der Waals surface area contributed by atoms with Gasteiger partial charge in [0.25, 0.3) is 5.91 Å². The molecule has 0 saturated carbocycles. The van der Waals surface area contributed by atoms with Crippen molar-refractivity contribution in [3.8, 4) is 11.3 Å². The summed E-state index contributed by atoms with van der Waals surface area (Å²) in [5, 5.41) is 11.9. The first-order valence-electron chi connectivity index (χ1n) is 8.81. The van der Waals surface area contributed by atoms with Gasteiger partial charge in [-0.15, -0.1) is 0 Å². The van der Waals surface area contributed by atoms with E-state index in [9.17, 15) is 14.0 Å². The van der Waals surface area contributed by atoms with Crippen LogP contribution in [0, 0.1) is 5.82 Å². The van der Waals surface area contributed by atoms with Gasteiger partial charge in [-0.25, -0.2) is 9.37 Å². The maximum Gasteiger partial charge on any atom is 0.305 e. The summed E-state index contributed by atoms with van der Waals surface area (Å²) in [5.41, 5.74) is 1.65. The Morgan fingerprint density at radius 2 is 1.68 bits per heavy atom. The lowest BCUT2D eigenvalue weighted by molar-refractivity contribution is -0.137. The van der Waals surface area contributed by atoms with Gasteiger partial charge in [-0.1, -0.05) is 48.5 Å². The van der Waals surface area contributed by atoms with Crippen molar-refractivity contribution in [3.63, 3.8) is 0 Å². The smallest absolute Gasteiger partial charge is 0.305 e. The standard InChI is InChI=1S/C22H19FN2O3/c23-18-10-5-4-9-17(18)19-11-6-12-20(25-19)22(28)24-16(14-21(26)27)13-15-7-2-1-3-8-15/h1-12,16H,13-14H2,(H,24,28)(H,26,27)/t16-/m1/s1. The summed E-state index contributed by atoms with van der Waals surface area (Å²) in [6.45, 7) is 0. The van der Waals surface area contributed by atoms with Gasteiger partial charge in [-0.3, -0.25) is 9.59 Å². The molecule has 3 rings (SSSR count). The molecule has 1 amide bonds. The Morgan fingerprint density at radius 1 is 0.964 bits per heavy atom. The van der Waals surface area contributed by atoms with E-state index < -0.39 is 23.7 Å². The average Bonchev–Trinajstić information content (AvgIpc) is 2.68. The van der Waals surface area contributed by atoms with Gasteiger partial charge in [0.1, 0.15) is 11.5 Å². The lowest BCUT2D eigenvalue weighted by Crippen LogP contribution is -2.38. The van der Waals surface area contributed by atoms with Gasteiger partial charge in [-0.05, 0) is 36.2 Å². The van der Waals surface area contributed by atoms with Gasteiger partial charge >= 0.3 is 5.97 Å². The number of nitrogens with one attached hydrogen (secondary N) is 1. The van der Waals surface area contributed by atoms with Gasteiger partial charge in [0.2, 0.25) is 0 Å². The Kier molecular flexibility index (Phi) is 6.11. The third-order valence-corrected chi connectivity index (χ3v) is 4.21. The molecule has 0 aliphatic carbocycles. The van der Waals surface area contributed by atoms with Crippen molar-refractivity contribution in [2.45, 2.75) is 18.9 Å². The number of carbonyl (C=O) groups excluding carboxylic acids is 1. The molecule has 2 N–H and O–H groups in total. The van der Waals surface area contributed by atoms with Crippen LogP contribution >= 0.6 is 0 Å². The normalized spacial score (nSPS) is 11.6. The maximum atomic E-state index is 14.0. The highest BCUT2D eigenvalue weighted by molar-refractivity contribution is 5.93. The lowest BCUT2D eigenvalue weighted by atomic mass is 10.0. The number of aromatic nitrogens is 1. The van der Waals surface area contributed by atoms with Crippen LogP contribution in [0.25, 0.3) is 11.3 Å². The van der Waals surface area contributed by atoms with E-state index in [1.54, 1.807) is 30.3 Å². The number of hydrogen-bond acceptors (Lipinski definition) is 3. The Labute approximate surface area is 161 Å². The van der Waals surface area contributed by atoms with Gasteiger partial charge < -0.3 is 10.4 Å². The molecular formula is C22H19FN2O3. The Balaban J connectivity index is 1.79. The molecule has 3 aromatic rings.